The number of nitrogens with zero attached hydrogens (tertiary/aromatic N) is 2. The highest BCUT2D eigenvalue weighted by Crippen LogP contribution is 2.22. The second-order valence-corrected chi connectivity index (χ2v) is 7.53. The molecule has 0 saturated carbocycles. The van der Waals surface area contributed by atoms with E-state index >= 15 is 0 Å². The summed E-state index contributed by atoms with van der Waals surface area (Å²) < 4.78 is 1.18. The zero-order chi connectivity index (χ0) is 17.6. The number of halogens is 1. The van der Waals surface area contributed by atoms with E-state index in [1.165, 1.54) is 4.70 Å². The lowest BCUT2D eigenvalue weighted by atomic mass is 10.1. The third-order valence-corrected chi connectivity index (χ3v) is 5.04. The molecule has 0 atom stereocenters. The lowest BCUT2D eigenvalue weighted by Gasteiger charge is -2.14. The molecule has 0 aliphatic heterocycles. The second kappa shape index (κ2) is 8.43. The summed E-state index contributed by atoms with van der Waals surface area (Å²) in [6, 6.07) is 15.8. The van der Waals surface area contributed by atoms with Crippen LogP contribution < -0.4 is 5.32 Å². The Labute approximate surface area is 156 Å². The van der Waals surface area contributed by atoms with E-state index in [9.17, 15) is 4.79 Å². The monoisotopic (exact) mass is 373 g/mol. The molecule has 3 aromatic rings. The molecule has 0 fully saturated rings. The maximum absolute atomic E-state index is 12.1. The highest BCUT2D eigenvalue weighted by molar-refractivity contribution is 7.18. The molecule has 0 saturated heterocycles. The summed E-state index contributed by atoms with van der Waals surface area (Å²) in [5, 5.41) is 4.70. The number of carbonyl (C=O) groups is 1. The van der Waals surface area contributed by atoms with E-state index in [0.717, 1.165) is 27.5 Å². The van der Waals surface area contributed by atoms with Crippen LogP contribution in [0.15, 0.2) is 48.5 Å². The molecule has 1 N–H and O–H groups in total. The smallest absolute Gasteiger partial charge is 0.234 e. The lowest BCUT2D eigenvalue weighted by molar-refractivity contribution is -0.122. The lowest BCUT2D eigenvalue weighted by Crippen LogP contribution is -2.35. The predicted molar refractivity (Wildman–Crippen MR) is 104 cm³/mol. The molecule has 0 aliphatic carbocycles. The van der Waals surface area contributed by atoms with Gasteiger partial charge in [-0.25, -0.2) is 4.98 Å². The van der Waals surface area contributed by atoms with E-state index in [4.69, 9.17) is 11.6 Å². The number of carbonyl (C=O) groups excluding carboxylic acids is 1. The molecule has 0 unspecified atom stereocenters. The number of amides is 1. The van der Waals surface area contributed by atoms with Gasteiger partial charge in [-0.3, -0.25) is 9.69 Å². The number of thiazole rings is 1. The Balaban J connectivity index is 1.44. The molecule has 0 radical (unpaired) electrons. The SMILES string of the molecule is CN(CC(=O)NCCc1cccc(Cl)c1)Cc1nc2ccccc2s1. The molecule has 2 aromatic carbocycles. The maximum atomic E-state index is 12.1. The summed E-state index contributed by atoms with van der Waals surface area (Å²) >= 11 is 7.63. The van der Waals surface area contributed by atoms with Crippen LogP contribution >= 0.6 is 22.9 Å². The Bertz CT molecular complexity index is 832. The maximum Gasteiger partial charge on any atom is 0.234 e. The van der Waals surface area contributed by atoms with Crippen molar-refractivity contribution in [3.8, 4) is 0 Å². The summed E-state index contributed by atoms with van der Waals surface area (Å²) in [4.78, 5) is 18.7. The van der Waals surface area contributed by atoms with Crippen LogP contribution in [-0.4, -0.2) is 35.9 Å². The van der Waals surface area contributed by atoms with Gasteiger partial charge in [-0.2, -0.15) is 0 Å². The van der Waals surface area contributed by atoms with Crippen LogP contribution in [0, 0.1) is 0 Å². The topological polar surface area (TPSA) is 45.2 Å². The van der Waals surface area contributed by atoms with Gasteiger partial charge in [0.05, 0.1) is 23.3 Å². The van der Waals surface area contributed by atoms with Crippen molar-refractivity contribution in [1.29, 1.82) is 0 Å². The molecule has 0 aliphatic rings. The van der Waals surface area contributed by atoms with Crippen molar-refractivity contribution < 1.29 is 4.79 Å². The van der Waals surface area contributed by atoms with Crippen LogP contribution in [0.5, 0.6) is 0 Å². The second-order valence-electron chi connectivity index (χ2n) is 5.98. The molecule has 1 amide bonds. The summed E-state index contributed by atoms with van der Waals surface area (Å²) in [6.45, 7) is 1.63. The van der Waals surface area contributed by atoms with Crippen molar-refractivity contribution in [2.75, 3.05) is 20.1 Å². The van der Waals surface area contributed by atoms with Crippen molar-refractivity contribution in [2.24, 2.45) is 0 Å². The van der Waals surface area contributed by atoms with Gasteiger partial charge in [0, 0.05) is 11.6 Å². The largest absolute Gasteiger partial charge is 0.355 e. The van der Waals surface area contributed by atoms with Crippen LogP contribution in [0.2, 0.25) is 5.02 Å². The summed E-state index contributed by atoms with van der Waals surface area (Å²) in [6.07, 6.45) is 0.772. The van der Waals surface area contributed by atoms with Crippen LogP contribution in [0.4, 0.5) is 0 Å². The molecule has 130 valence electrons. The van der Waals surface area contributed by atoms with Gasteiger partial charge in [0.25, 0.3) is 0 Å². The van der Waals surface area contributed by atoms with Crippen molar-refractivity contribution in [1.82, 2.24) is 15.2 Å². The number of likely N-dealkylation sites (N-methyl/N-ethyl adjacent to an activating group) is 1. The molecular formula is C19H20ClN3OS. The van der Waals surface area contributed by atoms with Crippen molar-refractivity contribution in [3.05, 3.63) is 64.1 Å². The van der Waals surface area contributed by atoms with E-state index in [1.54, 1.807) is 11.3 Å². The van der Waals surface area contributed by atoms with Gasteiger partial charge in [0.15, 0.2) is 0 Å². The molecule has 1 heterocycles. The number of hydrogen-bond acceptors (Lipinski definition) is 4. The molecule has 25 heavy (non-hydrogen) atoms. The van der Waals surface area contributed by atoms with E-state index in [2.05, 4.69) is 16.4 Å². The van der Waals surface area contributed by atoms with E-state index in [1.807, 2.05) is 54.4 Å². The number of para-hydroxylation sites is 1. The van der Waals surface area contributed by atoms with Crippen LogP contribution in [0.1, 0.15) is 10.6 Å². The van der Waals surface area contributed by atoms with Crippen molar-refractivity contribution in [2.45, 2.75) is 13.0 Å². The van der Waals surface area contributed by atoms with Gasteiger partial charge in [-0.15, -0.1) is 11.3 Å². The van der Waals surface area contributed by atoms with Crippen molar-refractivity contribution >= 4 is 39.1 Å². The van der Waals surface area contributed by atoms with Gasteiger partial charge >= 0.3 is 0 Å². The number of fused-ring (bicyclic) bond motifs is 1. The standard InChI is InChI=1S/C19H20ClN3OS/c1-23(13-19-22-16-7-2-3-8-17(16)25-19)12-18(24)21-10-9-14-5-4-6-15(20)11-14/h2-8,11H,9-10,12-13H2,1H3,(H,21,24). The minimum Gasteiger partial charge on any atom is -0.355 e. The fraction of sp³-hybridized carbons (Fsp3) is 0.263. The Kier molecular flexibility index (Phi) is 6.02. The van der Waals surface area contributed by atoms with Crippen LogP contribution in [0.3, 0.4) is 0 Å². The molecular weight excluding hydrogens is 354 g/mol. The number of nitrogens with one attached hydrogen (secondary N) is 1. The summed E-state index contributed by atoms with van der Waals surface area (Å²) in [5.41, 5.74) is 2.14. The van der Waals surface area contributed by atoms with Gasteiger partial charge in [0.1, 0.15) is 5.01 Å². The Hall–Kier alpha value is -1.95. The minimum absolute atomic E-state index is 0.0191. The van der Waals surface area contributed by atoms with Gasteiger partial charge < -0.3 is 5.32 Å². The van der Waals surface area contributed by atoms with Crippen LogP contribution in [0.25, 0.3) is 10.2 Å². The number of benzene rings is 2. The number of hydrogen-bond donors (Lipinski definition) is 1. The molecule has 0 spiro atoms. The third-order valence-electron chi connectivity index (χ3n) is 3.78. The molecule has 4 nitrogen and oxygen atoms in total. The first-order valence-corrected chi connectivity index (χ1v) is 9.34. The van der Waals surface area contributed by atoms with Crippen molar-refractivity contribution in [3.63, 3.8) is 0 Å². The van der Waals surface area contributed by atoms with Gasteiger partial charge in [0.2, 0.25) is 5.91 Å². The first-order valence-electron chi connectivity index (χ1n) is 8.14. The number of aromatic nitrogens is 1. The van der Waals surface area contributed by atoms with E-state index in [-0.39, 0.29) is 5.91 Å². The quantitative estimate of drug-likeness (QED) is 0.686. The first kappa shape index (κ1) is 17.9. The molecule has 6 heteroatoms. The molecule has 1 aromatic heterocycles. The van der Waals surface area contributed by atoms with Gasteiger partial charge in [-0.05, 0) is 43.3 Å². The fourth-order valence-electron chi connectivity index (χ4n) is 2.61. The minimum atomic E-state index is 0.0191. The highest BCUT2D eigenvalue weighted by atomic mass is 35.5. The highest BCUT2D eigenvalue weighted by Gasteiger charge is 2.10. The third kappa shape index (κ3) is 5.26. The number of rotatable bonds is 7. The van der Waals surface area contributed by atoms with Crippen LogP contribution in [-0.2, 0) is 17.8 Å². The summed E-state index contributed by atoms with van der Waals surface area (Å²) in [7, 11) is 1.93. The van der Waals surface area contributed by atoms with E-state index < -0.39 is 0 Å². The summed E-state index contributed by atoms with van der Waals surface area (Å²) in [5.74, 6) is 0.0191. The predicted octanol–water partition coefficient (Wildman–Crippen LogP) is 3.74. The Morgan fingerprint density at radius 1 is 1.24 bits per heavy atom. The molecule has 0 bridgehead atoms. The fourth-order valence-corrected chi connectivity index (χ4v) is 3.87. The average Bonchev–Trinajstić information content (AvgIpc) is 2.96. The molecule has 3 rings (SSSR count). The van der Waals surface area contributed by atoms with Gasteiger partial charge in [-0.1, -0.05) is 35.9 Å². The normalized spacial score (nSPS) is 11.2. The Morgan fingerprint density at radius 3 is 2.88 bits per heavy atom. The average molecular weight is 374 g/mol. The van der Waals surface area contributed by atoms with E-state index in [0.29, 0.717) is 19.6 Å². The zero-order valence-electron chi connectivity index (χ0n) is 14.0. The first-order chi connectivity index (χ1) is 12.1. The zero-order valence-corrected chi connectivity index (χ0v) is 15.6. The Morgan fingerprint density at radius 2 is 2.08 bits per heavy atom.